The Morgan fingerprint density at radius 3 is 2.60 bits per heavy atom. The van der Waals surface area contributed by atoms with Crippen molar-refractivity contribution >= 4 is 11.8 Å². The van der Waals surface area contributed by atoms with E-state index in [9.17, 15) is 9.59 Å². The number of carbonyl (C=O) groups is 2. The number of nitrogens with zero attached hydrogens (tertiary/aromatic N) is 3. The molecule has 2 N–H and O–H groups in total. The van der Waals surface area contributed by atoms with E-state index in [1.807, 2.05) is 42.9 Å². The smallest absolute Gasteiger partial charge is 0.255 e. The van der Waals surface area contributed by atoms with Gasteiger partial charge in [0, 0.05) is 31.0 Å². The number of ether oxygens (including phenoxy) is 2. The Kier molecular flexibility index (Phi) is 9.79. The number of rotatable bonds is 6. The van der Waals surface area contributed by atoms with Gasteiger partial charge < -0.3 is 20.1 Å². The number of carbonyl (C=O) groups excluding carboxylic acids is 2. The van der Waals surface area contributed by atoms with Crippen molar-refractivity contribution < 1.29 is 19.1 Å². The summed E-state index contributed by atoms with van der Waals surface area (Å²) in [6.07, 6.45) is 8.00. The van der Waals surface area contributed by atoms with Crippen LogP contribution in [-0.2, 0) is 17.9 Å². The summed E-state index contributed by atoms with van der Waals surface area (Å²) >= 11 is 0. The van der Waals surface area contributed by atoms with Crippen molar-refractivity contribution in [3.8, 4) is 11.5 Å². The standard InChI is InChI=1S/C33H43N5O4/c1-25(2)42-29-11-10-26(22-27(29)24-38-18-7-16-36-38)23-37-19-13-33(14-20-37)12-5-6-15-34-31(39)28-8-3-4-9-30(28)41-21-17-35-32(33)40/h3-4,7-11,16,18,22,25H,5-6,12-15,17,19-21,23-24H2,1-2H3,(H,34,39)(H,35,40). The predicted molar refractivity (Wildman–Crippen MR) is 162 cm³/mol. The molecule has 3 aromatic rings. The van der Waals surface area contributed by atoms with Gasteiger partial charge in [-0.25, -0.2) is 0 Å². The molecule has 9 nitrogen and oxygen atoms in total. The highest BCUT2D eigenvalue weighted by molar-refractivity contribution is 5.96. The molecular weight excluding hydrogens is 530 g/mol. The number of fused-ring (bicyclic) bond motifs is 1. The van der Waals surface area contributed by atoms with Crippen LogP contribution in [-0.4, -0.2) is 65.4 Å². The number of benzene rings is 2. The molecule has 2 aliphatic rings. The van der Waals surface area contributed by atoms with Crippen molar-refractivity contribution in [3.63, 3.8) is 0 Å². The number of piperidine rings is 1. The fraction of sp³-hybridized carbons (Fsp3) is 0.485. The molecule has 1 saturated heterocycles. The summed E-state index contributed by atoms with van der Waals surface area (Å²) in [6, 6.07) is 15.6. The number of nitrogens with one attached hydrogen (secondary N) is 2. The molecule has 0 unspecified atom stereocenters. The molecule has 0 aliphatic carbocycles. The Morgan fingerprint density at radius 1 is 0.976 bits per heavy atom. The van der Waals surface area contributed by atoms with Crippen LogP contribution < -0.4 is 20.1 Å². The molecule has 1 aromatic heterocycles. The van der Waals surface area contributed by atoms with Gasteiger partial charge in [0.2, 0.25) is 5.91 Å². The van der Waals surface area contributed by atoms with Gasteiger partial charge in [-0.1, -0.05) is 24.6 Å². The van der Waals surface area contributed by atoms with Gasteiger partial charge in [0.1, 0.15) is 18.1 Å². The summed E-state index contributed by atoms with van der Waals surface area (Å²) in [5.41, 5.74) is 2.47. The fourth-order valence-electron chi connectivity index (χ4n) is 5.96. The largest absolute Gasteiger partial charge is 0.491 e. The summed E-state index contributed by atoms with van der Waals surface area (Å²) < 4.78 is 13.9. The van der Waals surface area contributed by atoms with Gasteiger partial charge in [0.05, 0.1) is 30.2 Å². The van der Waals surface area contributed by atoms with Crippen molar-refractivity contribution in [1.29, 1.82) is 0 Å². The average Bonchev–Trinajstić information content (AvgIpc) is 3.50. The van der Waals surface area contributed by atoms with E-state index in [0.717, 1.165) is 63.1 Å². The van der Waals surface area contributed by atoms with E-state index in [1.165, 1.54) is 5.56 Å². The number of hydrogen-bond donors (Lipinski definition) is 2. The van der Waals surface area contributed by atoms with Crippen LogP contribution in [0.1, 0.15) is 67.4 Å². The lowest BCUT2D eigenvalue weighted by molar-refractivity contribution is -0.134. The molecule has 42 heavy (non-hydrogen) atoms. The predicted octanol–water partition coefficient (Wildman–Crippen LogP) is 4.41. The molecule has 1 fully saturated rings. The molecular formula is C33H43N5O4. The number of hydrogen-bond acceptors (Lipinski definition) is 6. The second kappa shape index (κ2) is 13.9. The van der Waals surface area contributed by atoms with E-state index in [4.69, 9.17) is 9.47 Å². The van der Waals surface area contributed by atoms with Gasteiger partial charge in [0.25, 0.3) is 5.91 Å². The lowest BCUT2D eigenvalue weighted by Crippen LogP contribution is -2.49. The first-order valence-corrected chi connectivity index (χ1v) is 15.2. The van der Waals surface area contributed by atoms with E-state index in [1.54, 1.807) is 18.3 Å². The van der Waals surface area contributed by atoms with Crippen molar-refractivity contribution in [1.82, 2.24) is 25.3 Å². The monoisotopic (exact) mass is 573 g/mol. The highest BCUT2D eigenvalue weighted by Gasteiger charge is 2.40. The van der Waals surface area contributed by atoms with Crippen LogP contribution in [0, 0.1) is 5.41 Å². The zero-order chi connectivity index (χ0) is 29.4. The van der Waals surface area contributed by atoms with Crippen LogP contribution in [0.5, 0.6) is 11.5 Å². The number of likely N-dealkylation sites (tertiary alicyclic amines) is 1. The van der Waals surface area contributed by atoms with E-state index < -0.39 is 5.41 Å². The number of aromatic nitrogens is 2. The number of para-hydroxylation sites is 1. The Hall–Kier alpha value is -3.85. The summed E-state index contributed by atoms with van der Waals surface area (Å²) in [7, 11) is 0. The molecule has 3 heterocycles. The highest BCUT2D eigenvalue weighted by Crippen LogP contribution is 2.38. The van der Waals surface area contributed by atoms with E-state index in [-0.39, 0.29) is 17.9 Å². The van der Waals surface area contributed by atoms with Crippen LogP contribution >= 0.6 is 0 Å². The van der Waals surface area contributed by atoms with Gasteiger partial charge >= 0.3 is 0 Å². The van der Waals surface area contributed by atoms with Crippen LogP contribution in [0.4, 0.5) is 0 Å². The Labute approximate surface area is 248 Å². The molecule has 0 saturated carbocycles. The van der Waals surface area contributed by atoms with E-state index >= 15 is 0 Å². The molecule has 2 amide bonds. The highest BCUT2D eigenvalue weighted by atomic mass is 16.5. The topological polar surface area (TPSA) is 97.7 Å². The first-order valence-electron chi connectivity index (χ1n) is 15.2. The lowest BCUT2D eigenvalue weighted by Gasteiger charge is -2.41. The Bertz CT molecular complexity index is 1330. The normalized spacial score (nSPS) is 18.5. The van der Waals surface area contributed by atoms with Crippen LogP contribution in [0.3, 0.4) is 0 Å². The van der Waals surface area contributed by atoms with Gasteiger partial charge in [-0.2, -0.15) is 5.10 Å². The summed E-state index contributed by atoms with van der Waals surface area (Å²) in [5.74, 6) is 1.44. The van der Waals surface area contributed by atoms with Gasteiger partial charge in [-0.15, -0.1) is 0 Å². The third-order valence-electron chi connectivity index (χ3n) is 8.22. The van der Waals surface area contributed by atoms with Crippen molar-refractivity contribution in [2.75, 3.05) is 32.8 Å². The average molecular weight is 574 g/mol. The maximum atomic E-state index is 13.6. The second-order valence-electron chi connectivity index (χ2n) is 11.7. The minimum atomic E-state index is -0.400. The number of amides is 2. The van der Waals surface area contributed by atoms with Gasteiger partial charge in [0.15, 0.2) is 0 Å². The molecule has 224 valence electrons. The Morgan fingerprint density at radius 2 is 1.81 bits per heavy atom. The van der Waals surface area contributed by atoms with E-state index in [0.29, 0.717) is 37.6 Å². The molecule has 2 aliphatic heterocycles. The maximum absolute atomic E-state index is 13.6. The quantitative estimate of drug-likeness (QED) is 0.454. The molecule has 0 bridgehead atoms. The molecule has 5 rings (SSSR count). The molecule has 9 heteroatoms. The zero-order valence-electron chi connectivity index (χ0n) is 24.8. The second-order valence-corrected chi connectivity index (χ2v) is 11.7. The first kappa shape index (κ1) is 29.6. The molecule has 1 spiro atoms. The minimum Gasteiger partial charge on any atom is -0.491 e. The Balaban J connectivity index is 1.22. The molecule has 0 atom stereocenters. The molecule has 2 aromatic carbocycles. The zero-order valence-corrected chi connectivity index (χ0v) is 24.8. The van der Waals surface area contributed by atoms with Crippen LogP contribution in [0.25, 0.3) is 0 Å². The van der Waals surface area contributed by atoms with Crippen LogP contribution in [0.15, 0.2) is 60.9 Å². The summed E-state index contributed by atoms with van der Waals surface area (Å²) in [4.78, 5) is 28.7. The maximum Gasteiger partial charge on any atom is 0.255 e. The first-order chi connectivity index (χ1) is 20.4. The van der Waals surface area contributed by atoms with Crippen molar-refractivity contribution in [2.45, 2.75) is 65.1 Å². The minimum absolute atomic E-state index is 0.0926. The van der Waals surface area contributed by atoms with Crippen molar-refractivity contribution in [2.24, 2.45) is 5.41 Å². The summed E-state index contributed by atoms with van der Waals surface area (Å²) in [5, 5.41) is 10.5. The van der Waals surface area contributed by atoms with Crippen LogP contribution in [0.2, 0.25) is 0 Å². The third-order valence-corrected chi connectivity index (χ3v) is 8.22. The fourth-order valence-corrected chi connectivity index (χ4v) is 5.96. The van der Waals surface area contributed by atoms with Crippen molar-refractivity contribution in [3.05, 3.63) is 77.6 Å². The summed E-state index contributed by atoms with van der Waals surface area (Å²) in [6.45, 7) is 8.57. The third kappa shape index (κ3) is 7.50. The lowest BCUT2D eigenvalue weighted by atomic mass is 9.73. The van der Waals surface area contributed by atoms with E-state index in [2.05, 4.69) is 38.8 Å². The SMILES string of the molecule is CC(C)Oc1ccc(CN2CCC3(CCCCNC(=O)c4ccccc4OCCNC3=O)CC2)cc1Cn1cccn1. The van der Waals surface area contributed by atoms with Gasteiger partial charge in [-0.3, -0.25) is 19.2 Å². The molecule has 0 radical (unpaired) electrons. The van der Waals surface area contributed by atoms with Gasteiger partial charge in [-0.05, 0) is 88.5 Å².